The number of halogens is 3. The molecule has 1 aromatic rings. The zero-order chi connectivity index (χ0) is 15.5. The largest absolute Gasteiger partial charge is 0.391 e. The molecular formula is C17H26Cl3NO. The molecule has 1 unspecified atom stereocenters. The number of benzene rings is 1. The maximum Gasteiger partial charge on any atom is 0.0763 e. The van der Waals surface area contributed by atoms with Crippen molar-refractivity contribution in [3.63, 3.8) is 0 Å². The third kappa shape index (κ3) is 4.10. The van der Waals surface area contributed by atoms with E-state index < -0.39 is 0 Å². The van der Waals surface area contributed by atoms with Crippen LogP contribution < -0.4 is 0 Å². The van der Waals surface area contributed by atoms with Crippen molar-refractivity contribution in [2.45, 2.75) is 51.0 Å². The number of hydrogen-bond donors (Lipinski definition) is 1. The number of likely N-dealkylation sites (N-methyl/N-ethyl adjacent to an activating group) is 1. The van der Waals surface area contributed by atoms with E-state index in [1.165, 1.54) is 0 Å². The molecule has 0 radical (unpaired) electrons. The average Bonchev–Trinajstić information content (AvgIpc) is 2.41. The van der Waals surface area contributed by atoms with Crippen LogP contribution in [0.4, 0.5) is 0 Å². The Hall–Kier alpha value is 0.01000. The lowest BCUT2D eigenvalue weighted by Gasteiger charge is -2.47. The van der Waals surface area contributed by atoms with Gasteiger partial charge in [-0.25, -0.2) is 0 Å². The van der Waals surface area contributed by atoms with Crippen LogP contribution in [0.3, 0.4) is 0 Å². The lowest BCUT2D eigenvalue weighted by Crippen LogP contribution is -2.51. The molecule has 2 rings (SSSR count). The van der Waals surface area contributed by atoms with Crippen molar-refractivity contribution in [1.29, 1.82) is 0 Å². The molecule has 0 aliphatic heterocycles. The van der Waals surface area contributed by atoms with Crippen LogP contribution in [0.1, 0.15) is 45.1 Å². The molecule has 2 nitrogen and oxygen atoms in total. The molecule has 0 aromatic heterocycles. The van der Waals surface area contributed by atoms with Crippen molar-refractivity contribution in [3.8, 4) is 0 Å². The summed E-state index contributed by atoms with van der Waals surface area (Å²) in [5.41, 5.74) is 0.985. The van der Waals surface area contributed by atoms with Crippen molar-refractivity contribution in [3.05, 3.63) is 33.8 Å². The summed E-state index contributed by atoms with van der Waals surface area (Å²) in [6, 6.07) is 5.80. The molecule has 1 fully saturated rings. The fraction of sp³-hybridized carbons (Fsp3) is 0.647. The Kier molecular flexibility index (Phi) is 7.97. The van der Waals surface area contributed by atoms with Crippen LogP contribution in [0.15, 0.2) is 18.2 Å². The van der Waals surface area contributed by atoms with Crippen LogP contribution in [0.2, 0.25) is 10.0 Å². The molecule has 1 aromatic carbocycles. The molecule has 5 heteroatoms. The molecule has 1 N–H and O–H groups in total. The Bertz CT molecular complexity index is 477. The number of aliphatic hydroxyl groups is 1. The molecule has 0 amide bonds. The lowest BCUT2D eigenvalue weighted by molar-refractivity contribution is 0.00320. The number of aliphatic hydroxyl groups excluding tert-OH is 1. The first-order valence-corrected chi connectivity index (χ1v) is 8.65. The van der Waals surface area contributed by atoms with Crippen molar-refractivity contribution in [2.24, 2.45) is 0 Å². The predicted octanol–water partition coefficient (Wildman–Crippen LogP) is 4.93. The van der Waals surface area contributed by atoms with Gasteiger partial charge in [-0.1, -0.05) is 49.5 Å². The van der Waals surface area contributed by atoms with E-state index in [4.69, 9.17) is 23.2 Å². The minimum absolute atomic E-state index is 0. The summed E-state index contributed by atoms with van der Waals surface area (Å²) < 4.78 is 0. The van der Waals surface area contributed by atoms with Gasteiger partial charge in [-0.15, -0.1) is 12.4 Å². The fourth-order valence-corrected chi connectivity index (χ4v) is 3.59. The fourth-order valence-electron chi connectivity index (χ4n) is 3.29. The lowest BCUT2D eigenvalue weighted by atomic mass is 9.61. The first kappa shape index (κ1) is 20.1. The van der Waals surface area contributed by atoms with Gasteiger partial charge in [0.05, 0.1) is 16.1 Å². The maximum atomic E-state index is 10.8. The van der Waals surface area contributed by atoms with Gasteiger partial charge in [0.1, 0.15) is 0 Å². The molecular weight excluding hydrogens is 341 g/mol. The highest BCUT2D eigenvalue weighted by molar-refractivity contribution is 6.42. The van der Waals surface area contributed by atoms with Gasteiger partial charge in [0.25, 0.3) is 0 Å². The summed E-state index contributed by atoms with van der Waals surface area (Å²) in [6.45, 7) is 7.06. The molecule has 0 saturated heterocycles. The summed E-state index contributed by atoms with van der Waals surface area (Å²) in [4.78, 5) is 2.32. The standard InChI is InChI=1S/C17H25Cl2NO.ClH/c1-3-10-20(4-2)12-16(21)17(8-5-9-17)13-6-7-14(18)15(19)11-13;/h6-7,11,16,21H,3-5,8-10,12H2,1-2H3;1H. The zero-order valence-electron chi connectivity index (χ0n) is 13.3. The molecule has 1 saturated carbocycles. The van der Waals surface area contributed by atoms with E-state index in [9.17, 15) is 5.11 Å². The maximum absolute atomic E-state index is 10.8. The van der Waals surface area contributed by atoms with Gasteiger partial charge in [0.15, 0.2) is 0 Å². The quantitative estimate of drug-likeness (QED) is 0.739. The van der Waals surface area contributed by atoms with Gasteiger partial charge in [0.2, 0.25) is 0 Å². The number of nitrogens with zero attached hydrogens (tertiary/aromatic N) is 1. The van der Waals surface area contributed by atoms with Crippen LogP contribution in [0.25, 0.3) is 0 Å². The third-order valence-electron chi connectivity index (χ3n) is 4.80. The summed E-state index contributed by atoms with van der Waals surface area (Å²) in [7, 11) is 0. The van der Waals surface area contributed by atoms with E-state index in [2.05, 4.69) is 18.7 Å². The molecule has 126 valence electrons. The van der Waals surface area contributed by atoms with Gasteiger partial charge < -0.3 is 10.0 Å². The van der Waals surface area contributed by atoms with Crippen LogP contribution in [0, 0.1) is 0 Å². The number of hydrogen-bond acceptors (Lipinski definition) is 2. The third-order valence-corrected chi connectivity index (χ3v) is 5.54. The first-order chi connectivity index (χ1) is 10.0. The molecule has 1 aliphatic carbocycles. The second-order valence-electron chi connectivity index (χ2n) is 6.05. The molecule has 1 aliphatic rings. The Labute approximate surface area is 150 Å². The predicted molar refractivity (Wildman–Crippen MR) is 97.7 cm³/mol. The monoisotopic (exact) mass is 365 g/mol. The molecule has 1 atom stereocenters. The second kappa shape index (κ2) is 8.75. The smallest absolute Gasteiger partial charge is 0.0763 e. The summed E-state index contributed by atoms with van der Waals surface area (Å²) in [5, 5.41) is 12.0. The normalized spacial score (nSPS) is 17.7. The van der Waals surface area contributed by atoms with E-state index in [1.807, 2.05) is 18.2 Å². The van der Waals surface area contributed by atoms with Gasteiger partial charge >= 0.3 is 0 Å². The van der Waals surface area contributed by atoms with E-state index >= 15 is 0 Å². The Morgan fingerprint density at radius 1 is 1.23 bits per heavy atom. The van der Waals surface area contributed by atoms with Crippen LogP contribution in [0.5, 0.6) is 0 Å². The first-order valence-electron chi connectivity index (χ1n) is 7.89. The van der Waals surface area contributed by atoms with E-state index in [-0.39, 0.29) is 23.9 Å². The van der Waals surface area contributed by atoms with Crippen molar-refractivity contribution >= 4 is 35.6 Å². The Morgan fingerprint density at radius 2 is 1.91 bits per heavy atom. The van der Waals surface area contributed by atoms with Gasteiger partial charge in [0, 0.05) is 12.0 Å². The average molecular weight is 367 g/mol. The highest BCUT2D eigenvalue weighted by Crippen LogP contribution is 2.47. The highest BCUT2D eigenvalue weighted by atomic mass is 35.5. The summed E-state index contributed by atoms with van der Waals surface area (Å²) in [6.07, 6.45) is 3.97. The molecule has 22 heavy (non-hydrogen) atoms. The minimum atomic E-state index is -0.352. The van der Waals surface area contributed by atoms with E-state index in [0.717, 1.165) is 50.9 Å². The highest BCUT2D eigenvalue weighted by Gasteiger charge is 2.45. The van der Waals surface area contributed by atoms with E-state index in [0.29, 0.717) is 10.0 Å². The Balaban J connectivity index is 0.00000242. The Morgan fingerprint density at radius 3 is 2.36 bits per heavy atom. The van der Waals surface area contributed by atoms with Crippen LogP contribution >= 0.6 is 35.6 Å². The van der Waals surface area contributed by atoms with Crippen molar-refractivity contribution < 1.29 is 5.11 Å². The van der Waals surface area contributed by atoms with Crippen molar-refractivity contribution in [2.75, 3.05) is 19.6 Å². The minimum Gasteiger partial charge on any atom is -0.391 e. The number of rotatable bonds is 7. The SMILES string of the molecule is CCCN(CC)CC(O)C1(c2ccc(Cl)c(Cl)c2)CCC1.Cl. The van der Waals surface area contributed by atoms with Crippen LogP contribution in [-0.2, 0) is 5.41 Å². The topological polar surface area (TPSA) is 23.5 Å². The molecule has 0 bridgehead atoms. The summed E-state index contributed by atoms with van der Waals surface area (Å²) >= 11 is 12.2. The second-order valence-corrected chi connectivity index (χ2v) is 6.86. The van der Waals surface area contributed by atoms with Gasteiger partial charge in [-0.05, 0) is 50.0 Å². The van der Waals surface area contributed by atoms with Crippen molar-refractivity contribution in [1.82, 2.24) is 4.90 Å². The van der Waals surface area contributed by atoms with Crippen LogP contribution in [-0.4, -0.2) is 35.7 Å². The zero-order valence-corrected chi connectivity index (χ0v) is 15.6. The molecule has 0 heterocycles. The molecule has 0 spiro atoms. The van der Waals surface area contributed by atoms with Gasteiger partial charge in [-0.3, -0.25) is 0 Å². The van der Waals surface area contributed by atoms with Gasteiger partial charge in [-0.2, -0.15) is 0 Å². The van der Waals surface area contributed by atoms with E-state index in [1.54, 1.807) is 0 Å². The summed E-state index contributed by atoms with van der Waals surface area (Å²) in [5.74, 6) is 0.